The predicted molar refractivity (Wildman–Crippen MR) is 74.8 cm³/mol. The Balaban J connectivity index is 2.33. The van der Waals surface area contributed by atoms with Gasteiger partial charge < -0.3 is 15.0 Å². The number of nitrogens with two attached hydrogens (primary N) is 1. The second kappa shape index (κ2) is 5.00. The molecule has 4 nitrogen and oxygen atoms in total. The highest BCUT2D eigenvalue weighted by Crippen LogP contribution is 2.40. The van der Waals surface area contributed by atoms with Crippen molar-refractivity contribution >= 4 is 5.97 Å². The zero-order valence-corrected chi connectivity index (χ0v) is 12.3. The summed E-state index contributed by atoms with van der Waals surface area (Å²) >= 11 is 0. The molecule has 0 saturated carbocycles. The van der Waals surface area contributed by atoms with Crippen molar-refractivity contribution in [2.45, 2.75) is 53.1 Å². The number of rotatable bonds is 3. The van der Waals surface area contributed by atoms with Crippen LogP contribution in [-0.4, -0.2) is 17.1 Å². The first-order valence-electron chi connectivity index (χ1n) is 6.94. The minimum atomic E-state index is -0.180. The molecule has 1 aromatic heterocycles. The van der Waals surface area contributed by atoms with E-state index in [1.54, 1.807) is 0 Å². The van der Waals surface area contributed by atoms with Crippen LogP contribution in [0.5, 0.6) is 0 Å². The van der Waals surface area contributed by atoms with Gasteiger partial charge in [-0.1, -0.05) is 13.8 Å². The van der Waals surface area contributed by atoms with E-state index in [1.165, 1.54) is 11.3 Å². The second-order valence-electron chi connectivity index (χ2n) is 6.23. The van der Waals surface area contributed by atoms with Gasteiger partial charge in [-0.25, -0.2) is 0 Å². The van der Waals surface area contributed by atoms with Gasteiger partial charge >= 0.3 is 5.97 Å². The maximum atomic E-state index is 11.7. The summed E-state index contributed by atoms with van der Waals surface area (Å²) in [5, 5.41) is 0. The van der Waals surface area contributed by atoms with Gasteiger partial charge in [0.05, 0.1) is 6.61 Å². The molecular weight excluding hydrogens is 240 g/mol. The number of hydrogen-bond acceptors (Lipinski definition) is 3. The lowest BCUT2D eigenvalue weighted by atomic mass is 9.74. The molecular formula is C15H24N2O2. The molecule has 0 aliphatic heterocycles. The minimum absolute atomic E-state index is 0.0703. The molecule has 0 radical (unpaired) electrons. The van der Waals surface area contributed by atoms with Crippen molar-refractivity contribution in [2.75, 3.05) is 6.61 Å². The summed E-state index contributed by atoms with van der Waals surface area (Å²) in [5.41, 5.74) is 9.94. The van der Waals surface area contributed by atoms with Gasteiger partial charge in [0, 0.05) is 17.4 Å². The molecule has 0 spiro atoms. The Labute approximate surface area is 114 Å². The molecule has 2 rings (SSSR count). The summed E-state index contributed by atoms with van der Waals surface area (Å²) in [6.45, 7) is 9.02. The van der Waals surface area contributed by atoms with Crippen LogP contribution in [0.4, 0.5) is 0 Å². The zero-order chi connectivity index (χ0) is 14.2. The second-order valence-corrected chi connectivity index (χ2v) is 6.23. The molecule has 19 heavy (non-hydrogen) atoms. The highest BCUT2D eigenvalue weighted by molar-refractivity contribution is 5.69. The van der Waals surface area contributed by atoms with Crippen LogP contribution in [-0.2, 0) is 22.5 Å². The van der Waals surface area contributed by atoms with Crippen LogP contribution in [0, 0.1) is 12.3 Å². The van der Waals surface area contributed by atoms with E-state index in [4.69, 9.17) is 10.5 Å². The van der Waals surface area contributed by atoms with E-state index < -0.39 is 0 Å². The van der Waals surface area contributed by atoms with E-state index in [0.717, 1.165) is 18.5 Å². The van der Waals surface area contributed by atoms with Crippen molar-refractivity contribution in [2.24, 2.45) is 11.1 Å². The summed E-state index contributed by atoms with van der Waals surface area (Å²) in [4.78, 5) is 11.7. The summed E-state index contributed by atoms with van der Waals surface area (Å²) in [5.74, 6) is -0.180. The lowest BCUT2D eigenvalue weighted by Gasteiger charge is -2.34. The fraction of sp³-hybridized carbons (Fsp3) is 0.667. The van der Waals surface area contributed by atoms with Crippen LogP contribution in [0.1, 0.15) is 50.2 Å². The van der Waals surface area contributed by atoms with Gasteiger partial charge in [-0.15, -0.1) is 0 Å². The number of esters is 1. The molecule has 0 amide bonds. The molecule has 0 fully saturated rings. The Hall–Kier alpha value is -1.29. The third-order valence-corrected chi connectivity index (χ3v) is 3.86. The number of aryl methyl sites for hydroxylation is 1. The lowest BCUT2D eigenvalue weighted by molar-refractivity contribution is -0.143. The Kier molecular flexibility index (Phi) is 3.72. The maximum Gasteiger partial charge on any atom is 0.325 e. The van der Waals surface area contributed by atoms with Crippen LogP contribution in [0.2, 0.25) is 0 Å². The van der Waals surface area contributed by atoms with Crippen molar-refractivity contribution in [3.8, 4) is 0 Å². The normalized spacial score (nSPS) is 21.0. The number of carbonyl (C=O) groups is 1. The van der Waals surface area contributed by atoms with E-state index >= 15 is 0 Å². The molecule has 0 bridgehead atoms. The first kappa shape index (κ1) is 14.1. The number of carbonyl (C=O) groups excluding carboxylic acids is 1. The number of ether oxygens (including phenoxy) is 1. The highest BCUT2D eigenvalue weighted by atomic mass is 16.5. The first-order chi connectivity index (χ1) is 8.84. The SMILES string of the molecule is CCOC(=O)Cn1c(C)cc2c1CC(C)(C)CC2N. The predicted octanol–water partition coefficient (Wildman–Crippen LogP) is 2.33. The molecule has 1 atom stereocenters. The van der Waals surface area contributed by atoms with E-state index in [2.05, 4.69) is 24.5 Å². The molecule has 2 N–H and O–H groups in total. The molecule has 4 heteroatoms. The van der Waals surface area contributed by atoms with Crippen molar-refractivity contribution in [3.63, 3.8) is 0 Å². The van der Waals surface area contributed by atoms with Crippen LogP contribution < -0.4 is 5.73 Å². The molecule has 1 aromatic rings. The summed E-state index contributed by atoms with van der Waals surface area (Å²) in [6, 6.07) is 2.19. The third-order valence-electron chi connectivity index (χ3n) is 3.86. The maximum absolute atomic E-state index is 11.7. The molecule has 1 aliphatic rings. The number of hydrogen-bond donors (Lipinski definition) is 1. The molecule has 1 heterocycles. The van der Waals surface area contributed by atoms with E-state index in [-0.39, 0.29) is 24.0 Å². The van der Waals surface area contributed by atoms with Crippen LogP contribution >= 0.6 is 0 Å². The smallest absolute Gasteiger partial charge is 0.325 e. The van der Waals surface area contributed by atoms with E-state index in [0.29, 0.717) is 6.61 Å². The van der Waals surface area contributed by atoms with E-state index in [1.807, 2.05) is 13.8 Å². The van der Waals surface area contributed by atoms with Gasteiger partial charge in [0.15, 0.2) is 0 Å². The van der Waals surface area contributed by atoms with Gasteiger partial charge in [0.25, 0.3) is 0 Å². The Morgan fingerprint density at radius 3 is 2.89 bits per heavy atom. The van der Waals surface area contributed by atoms with Gasteiger partial charge in [0.1, 0.15) is 6.54 Å². The van der Waals surface area contributed by atoms with Crippen LogP contribution in [0.15, 0.2) is 6.07 Å². The number of nitrogens with zero attached hydrogens (tertiary/aromatic N) is 1. The van der Waals surface area contributed by atoms with Crippen LogP contribution in [0.3, 0.4) is 0 Å². The van der Waals surface area contributed by atoms with Crippen molar-refractivity contribution in [1.82, 2.24) is 4.57 Å². The minimum Gasteiger partial charge on any atom is -0.465 e. The first-order valence-corrected chi connectivity index (χ1v) is 6.94. The van der Waals surface area contributed by atoms with Crippen LogP contribution in [0.25, 0.3) is 0 Å². The average molecular weight is 264 g/mol. The van der Waals surface area contributed by atoms with Gasteiger partial charge in [0.2, 0.25) is 0 Å². The van der Waals surface area contributed by atoms with Crippen molar-refractivity contribution in [1.29, 1.82) is 0 Å². The van der Waals surface area contributed by atoms with Crippen molar-refractivity contribution in [3.05, 3.63) is 23.0 Å². The fourth-order valence-corrected chi connectivity index (χ4v) is 3.06. The lowest BCUT2D eigenvalue weighted by Crippen LogP contribution is -2.31. The monoisotopic (exact) mass is 264 g/mol. The molecule has 1 unspecified atom stereocenters. The molecule has 0 aromatic carbocycles. The quantitative estimate of drug-likeness (QED) is 0.852. The highest BCUT2D eigenvalue weighted by Gasteiger charge is 2.33. The standard InChI is InChI=1S/C15H24N2O2/c1-5-19-14(18)9-17-10(2)6-11-12(16)7-15(3,4)8-13(11)17/h6,12H,5,7-9,16H2,1-4H3. The third kappa shape index (κ3) is 2.84. The molecule has 0 saturated heterocycles. The van der Waals surface area contributed by atoms with Gasteiger partial charge in [-0.3, -0.25) is 4.79 Å². The molecule has 1 aliphatic carbocycles. The summed E-state index contributed by atoms with van der Waals surface area (Å²) in [7, 11) is 0. The van der Waals surface area contributed by atoms with Gasteiger partial charge in [-0.2, -0.15) is 0 Å². The van der Waals surface area contributed by atoms with E-state index in [9.17, 15) is 4.79 Å². The topological polar surface area (TPSA) is 57.2 Å². The van der Waals surface area contributed by atoms with Crippen molar-refractivity contribution < 1.29 is 9.53 Å². The van der Waals surface area contributed by atoms with Gasteiger partial charge in [-0.05, 0) is 43.7 Å². The largest absolute Gasteiger partial charge is 0.465 e. The molecule has 106 valence electrons. The zero-order valence-electron chi connectivity index (χ0n) is 12.3. The summed E-state index contributed by atoms with van der Waals surface area (Å²) in [6.07, 6.45) is 1.95. The fourth-order valence-electron chi connectivity index (χ4n) is 3.06. The Morgan fingerprint density at radius 2 is 2.26 bits per heavy atom. The number of aromatic nitrogens is 1. The number of fused-ring (bicyclic) bond motifs is 1. The Bertz CT molecular complexity index is 489. The summed E-state index contributed by atoms with van der Waals surface area (Å²) < 4.78 is 7.11. The Morgan fingerprint density at radius 1 is 1.58 bits per heavy atom. The average Bonchev–Trinajstić information content (AvgIpc) is 2.56.